The van der Waals surface area contributed by atoms with Gasteiger partial charge < -0.3 is 4.57 Å². The molecule has 0 bridgehead atoms. The first-order valence-electron chi connectivity index (χ1n) is 4.98. The average molecular weight is 241 g/mol. The molecule has 0 aliphatic heterocycles. The predicted molar refractivity (Wildman–Crippen MR) is 58.0 cm³/mol. The Morgan fingerprint density at radius 3 is 2.53 bits per heavy atom. The van der Waals surface area contributed by atoms with Crippen LogP contribution in [0.15, 0.2) is 24.4 Å². The molecule has 0 atom stereocenters. The van der Waals surface area contributed by atoms with Crippen LogP contribution in [0.2, 0.25) is 0 Å². The van der Waals surface area contributed by atoms with Crippen LogP contribution in [0.4, 0.5) is 13.2 Å². The van der Waals surface area contributed by atoms with Crippen molar-refractivity contribution in [3.63, 3.8) is 0 Å². The molecule has 17 heavy (non-hydrogen) atoms. The van der Waals surface area contributed by atoms with Crippen molar-refractivity contribution in [1.29, 1.82) is 0 Å². The smallest absolute Gasteiger partial charge is 0.350 e. The van der Waals surface area contributed by atoms with Gasteiger partial charge in [0.15, 0.2) is 0 Å². The molecule has 5 heteroatoms. The summed E-state index contributed by atoms with van der Waals surface area (Å²) < 4.78 is 38.8. The minimum atomic E-state index is -4.84. The van der Waals surface area contributed by atoms with Crippen LogP contribution in [0.3, 0.4) is 0 Å². The lowest BCUT2D eigenvalue weighted by atomic mass is 10.1. The van der Waals surface area contributed by atoms with E-state index in [2.05, 4.69) is 0 Å². The van der Waals surface area contributed by atoms with Crippen molar-refractivity contribution in [1.82, 2.24) is 4.57 Å². The monoisotopic (exact) mass is 241 g/mol. The molecular weight excluding hydrogens is 231 g/mol. The van der Waals surface area contributed by atoms with E-state index in [0.717, 1.165) is 5.56 Å². The van der Waals surface area contributed by atoms with Crippen molar-refractivity contribution < 1.29 is 18.0 Å². The van der Waals surface area contributed by atoms with E-state index >= 15 is 0 Å². The van der Waals surface area contributed by atoms with Crippen LogP contribution in [0.25, 0.3) is 10.9 Å². The number of rotatable bonds is 1. The zero-order valence-corrected chi connectivity index (χ0v) is 9.30. The molecule has 0 amide bonds. The summed E-state index contributed by atoms with van der Waals surface area (Å²) in [5.74, 6) is -1.80. The molecule has 2 rings (SSSR count). The molecule has 1 heterocycles. The summed E-state index contributed by atoms with van der Waals surface area (Å²) in [6, 6.07) is 5.09. The highest BCUT2D eigenvalue weighted by Gasteiger charge is 2.40. The molecule has 0 N–H and O–H groups in total. The molecule has 0 saturated heterocycles. The molecule has 0 aliphatic rings. The fraction of sp³-hybridized carbons (Fsp3) is 0.250. The quantitative estimate of drug-likeness (QED) is 0.702. The number of fused-ring (bicyclic) bond motifs is 1. The van der Waals surface area contributed by atoms with Crippen LogP contribution >= 0.6 is 0 Å². The summed E-state index contributed by atoms with van der Waals surface area (Å²) >= 11 is 0. The van der Waals surface area contributed by atoms with Crippen LogP contribution in [-0.4, -0.2) is 16.5 Å². The summed E-state index contributed by atoms with van der Waals surface area (Å²) in [5.41, 5.74) is 1.14. The number of hydrogen-bond acceptors (Lipinski definition) is 1. The van der Waals surface area contributed by atoms with Gasteiger partial charge >= 0.3 is 6.18 Å². The number of nitrogens with zero attached hydrogens (tertiary/aromatic N) is 1. The molecule has 0 fully saturated rings. The highest BCUT2D eigenvalue weighted by Crippen LogP contribution is 2.28. The van der Waals surface area contributed by atoms with Gasteiger partial charge in [-0.3, -0.25) is 4.79 Å². The van der Waals surface area contributed by atoms with E-state index < -0.39 is 12.0 Å². The van der Waals surface area contributed by atoms with Gasteiger partial charge in [-0.1, -0.05) is 11.6 Å². The van der Waals surface area contributed by atoms with Gasteiger partial charge in [-0.15, -0.1) is 0 Å². The van der Waals surface area contributed by atoms with E-state index in [1.807, 2.05) is 0 Å². The normalized spacial score (nSPS) is 12.1. The maximum atomic E-state index is 12.4. The van der Waals surface area contributed by atoms with Crippen molar-refractivity contribution in [2.24, 2.45) is 7.05 Å². The van der Waals surface area contributed by atoms with E-state index in [0.29, 0.717) is 10.9 Å². The number of benzene rings is 1. The number of aryl methyl sites for hydroxylation is 2. The van der Waals surface area contributed by atoms with Crippen molar-refractivity contribution in [2.75, 3.05) is 0 Å². The Bertz CT molecular complexity index is 596. The molecule has 90 valence electrons. The summed E-state index contributed by atoms with van der Waals surface area (Å²) in [7, 11) is 1.62. The van der Waals surface area contributed by atoms with Crippen LogP contribution in [0.1, 0.15) is 15.9 Å². The van der Waals surface area contributed by atoms with Gasteiger partial charge in [0.2, 0.25) is 0 Å². The van der Waals surface area contributed by atoms with Crippen molar-refractivity contribution >= 4 is 16.7 Å². The summed E-state index contributed by atoms with van der Waals surface area (Å²) in [5, 5.41) is 0.342. The third kappa shape index (κ3) is 1.92. The van der Waals surface area contributed by atoms with Gasteiger partial charge in [-0.2, -0.15) is 13.2 Å². The lowest BCUT2D eigenvalue weighted by Gasteiger charge is -2.03. The molecule has 0 radical (unpaired) electrons. The fourth-order valence-electron chi connectivity index (χ4n) is 1.84. The number of Topliss-reactive ketones (excluding diaryl/α,β-unsaturated/α-hetero) is 1. The van der Waals surface area contributed by atoms with E-state index in [1.165, 1.54) is 10.8 Å². The second-order valence-corrected chi connectivity index (χ2v) is 4.00. The number of carbonyl (C=O) groups is 1. The maximum absolute atomic E-state index is 12.4. The minimum Gasteiger partial charge on any atom is -0.350 e. The third-order valence-electron chi connectivity index (χ3n) is 2.65. The summed E-state index contributed by atoms with van der Waals surface area (Å²) in [6.45, 7) is 1.77. The average Bonchev–Trinajstić information content (AvgIpc) is 2.53. The molecular formula is C12H10F3NO. The molecule has 0 unspecified atom stereocenters. The topological polar surface area (TPSA) is 22.0 Å². The van der Waals surface area contributed by atoms with E-state index in [4.69, 9.17) is 0 Å². The number of ketones is 1. The van der Waals surface area contributed by atoms with E-state index in [-0.39, 0.29) is 5.56 Å². The van der Waals surface area contributed by atoms with Crippen molar-refractivity contribution in [3.8, 4) is 0 Å². The van der Waals surface area contributed by atoms with Crippen LogP contribution in [0.5, 0.6) is 0 Å². The maximum Gasteiger partial charge on any atom is 0.454 e. The van der Waals surface area contributed by atoms with Gasteiger partial charge in [-0.05, 0) is 19.1 Å². The van der Waals surface area contributed by atoms with E-state index in [1.54, 1.807) is 32.2 Å². The van der Waals surface area contributed by atoms with Crippen LogP contribution in [-0.2, 0) is 7.05 Å². The molecule has 1 aromatic heterocycles. The first-order valence-corrected chi connectivity index (χ1v) is 4.98. The van der Waals surface area contributed by atoms with Crippen LogP contribution < -0.4 is 0 Å². The van der Waals surface area contributed by atoms with Gasteiger partial charge in [0, 0.05) is 24.1 Å². The lowest BCUT2D eigenvalue weighted by Crippen LogP contribution is -2.22. The highest BCUT2D eigenvalue weighted by atomic mass is 19.4. The summed E-state index contributed by atoms with van der Waals surface area (Å²) in [4.78, 5) is 11.3. The molecule has 2 nitrogen and oxygen atoms in total. The Labute approximate surface area is 95.7 Å². The third-order valence-corrected chi connectivity index (χ3v) is 2.65. The Morgan fingerprint density at radius 2 is 1.94 bits per heavy atom. The molecule has 0 saturated carbocycles. The Balaban J connectivity index is 2.70. The van der Waals surface area contributed by atoms with Gasteiger partial charge in [0.1, 0.15) is 0 Å². The van der Waals surface area contributed by atoms with Crippen molar-refractivity contribution in [3.05, 3.63) is 35.5 Å². The first kappa shape index (κ1) is 11.7. The fourth-order valence-corrected chi connectivity index (χ4v) is 1.84. The molecule has 0 aliphatic carbocycles. The number of hydrogen-bond donors (Lipinski definition) is 0. The summed E-state index contributed by atoms with van der Waals surface area (Å²) in [6.07, 6.45) is -3.61. The minimum absolute atomic E-state index is 0.293. The standard InChI is InChI=1S/C12H10F3NO/c1-7-3-4-10-8(5-7)9(6-16(10)2)11(17)12(13,14)15/h3-6H,1-2H3. The first-order chi connectivity index (χ1) is 7.80. The number of halogens is 3. The Hall–Kier alpha value is -1.78. The Kier molecular flexibility index (Phi) is 2.49. The zero-order valence-electron chi connectivity index (χ0n) is 9.30. The Morgan fingerprint density at radius 1 is 1.29 bits per heavy atom. The predicted octanol–water partition coefficient (Wildman–Crippen LogP) is 3.23. The molecule has 1 aromatic carbocycles. The number of alkyl halides is 3. The van der Waals surface area contributed by atoms with Crippen LogP contribution in [0, 0.1) is 6.92 Å². The van der Waals surface area contributed by atoms with E-state index in [9.17, 15) is 18.0 Å². The number of aromatic nitrogens is 1. The molecule has 2 aromatic rings. The molecule has 0 spiro atoms. The van der Waals surface area contributed by atoms with Gasteiger partial charge in [0.05, 0.1) is 5.56 Å². The highest BCUT2D eigenvalue weighted by molar-refractivity contribution is 6.10. The SMILES string of the molecule is Cc1ccc2c(c1)c(C(=O)C(F)(F)F)cn2C. The lowest BCUT2D eigenvalue weighted by molar-refractivity contribution is -0.0884. The number of carbonyl (C=O) groups excluding carboxylic acids is 1. The zero-order chi connectivity index (χ0) is 12.8. The van der Waals surface area contributed by atoms with Gasteiger partial charge in [-0.25, -0.2) is 0 Å². The second-order valence-electron chi connectivity index (χ2n) is 4.00. The van der Waals surface area contributed by atoms with Gasteiger partial charge in [0.25, 0.3) is 5.78 Å². The second kappa shape index (κ2) is 3.61. The largest absolute Gasteiger partial charge is 0.454 e. The van der Waals surface area contributed by atoms with Crippen molar-refractivity contribution in [2.45, 2.75) is 13.1 Å².